The Morgan fingerprint density at radius 2 is 2.23 bits per heavy atom. The van der Waals surface area contributed by atoms with Gasteiger partial charge in [-0.2, -0.15) is 11.3 Å². The Bertz CT molecular complexity index is 624. The number of amides is 1. The SMILES string of the molecule is CC(C)Nc1ncccc1C(=O)NCC(C)(O)c1ccsc1. The van der Waals surface area contributed by atoms with E-state index in [4.69, 9.17) is 0 Å². The van der Waals surface area contributed by atoms with E-state index in [1.165, 1.54) is 11.3 Å². The summed E-state index contributed by atoms with van der Waals surface area (Å²) in [4.78, 5) is 16.6. The van der Waals surface area contributed by atoms with Crippen LogP contribution in [0.1, 0.15) is 36.7 Å². The third-order valence-corrected chi connectivity index (χ3v) is 3.90. The third kappa shape index (κ3) is 4.05. The van der Waals surface area contributed by atoms with Crippen LogP contribution >= 0.6 is 11.3 Å². The van der Waals surface area contributed by atoms with Crippen LogP contribution in [0.2, 0.25) is 0 Å². The molecule has 0 aliphatic rings. The largest absolute Gasteiger partial charge is 0.384 e. The fourth-order valence-electron chi connectivity index (χ4n) is 2.00. The van der Waals surface area contributed by atoms with Crippen LogP contribution in [0, 0.1) is 0 Å². The predicted molar refractivity (Wildman–Crippen MR) is 89.2 cm³/mol. The molecule has 2 rings (SSSR count). The number of hydrogen-bond acceptors (Lipinski definition) is 5. The summed E-state index contributed by atoms with van der Waals surface area (Å²) < 4.78 is 0. The Morgan fingerprint density at radius 3 is 2.86 bits per heavy atom. The maximum Gasteiger partial charge on any atom is 0.255 e. The second kappa shape index (κ2) is 6.89. The molecule has 2 aromatic heterocycles. The Labute approximate surface area is 134 Å². The van der Waals surface area contributed by atoms with Gasteiger partial charge in [0, 0.05) is 12.2 Å². The van der Waals surface area contributed by atoms with Gasteiger partial charge in [-0.05, 0) is 55.3 Å². The first kappa shape index (κ1) is 16.5. The van der Waals surface area contributed by atoms with Gasteiger partial charge in [-0.25, -0.2) is 4.98 Å². The Morgan fingerprint density at radius 1 is 1.45 bits per heavy atom. The van der Waals surface area contributed by atoms with Crippen LogP contribution < -0.4 is 10.6 Å². The summed E-state index contributed by atoms with van der Waals surface area (Å²) in [6.45, 7) is 5.79. The van der Waals surface area contributed by atoms with E-state index in [1.54, 1.807) is 25.3 Å². The summed E-state index contributed by atoms with van der Waals surface area (Å²) in [5.41, 5.74) is 0.172. The number of pyridine rings is 1. The van der Waals surface area contributed by atoms with Gasteiger partial charge in [-0.15, -0.1) is 0 Å². The molecule has 2 aromatic rings. The van der Waals surface area contributed by atoms with Gasteiger partial charge in [0.15, 0.2) is 0 Å². The molecule has 0 fully saturated rings. The summed E-state index contributed by atoms with van der Waals surface area (Å²) in [6.07, 6.45) is 1.64. The zero-order chi connectivity index (χ0) is 16.2. The molecule has 0 aliphatic carbocycles. The lowest BCUT2D eigenvalue weighted by atomic mass is 9.99. The molecule has 2 heterocycles. The number of nitrogens with zero attached hydrogens (tertiary/aromatic N) is 1. The molecule has 1 amide bonds. The first-order valence-corrected chi connectivity index (χ1v) is 8.09. The van der Waals surface area contributed by atoms with Crippen molar-refractivity contribution >= 4 is 23.1 Å². The van der Waals surface area contributed by atoms with E-state index in [0.29, 0.717) is 11.4 Å². The molecule has 1 atom stereocenters. The van der Waals surface area contributed by atoms with Gasteiger partial charge in [0.2, 0.25) is 0 Å². The van der Waals surface area contributed by atoms with Gasteiger partial charge in [0.25, 0.3) is 5.91 Å². The standard InChI is InChI=1S/C16H21N3O2S/c1-11(2)19-14-13(5-4-7-17-14)15(20)18-10-16(3,21)12-6-8-22-9-12/h4-9,11,21H,10H2,1-3H3,(H,17,19)(H,18,20). The van der Waals surface area contributed by atoms with Crippen molar-refractivity contribution in [2.75, 3.05) is 11.9 Å². The minimum Gasteiger partial charge on any atom is -0.384 e. The highest BCUT2D eigenvalue weighted by Crippen LogP contribution is 2.22. The number of anilines is 1. The van der Waals surface area contributed by atoms with Gasteiger partial charge in [-0.1, -0.05) is 0 Å². The number of nitrogens with one attached hydrogen (secondary N) is 2. The van der Waals surface area contributed by atoms with E-state index < -0.39 is 5.60 Å². The van der Waals surface area contributed by atoms with Crippen molar-refractivity contribution in [2.45, 2.75) is 32.4 Å². The molecule has 3 N–H and O–H groups in total. The van der Waals surface area contributed by atoms with E-state index in [-0.39, 0.29) is 18.5 Å². The molecule has 0 aromatic carbocycles. The number of carbonyl (C=O) groups excluding carboxylic acids is 1. The van der Waals surface area contributed by atoms with E-state index in [0.717, 1.165) is 5.56 Å². The van der Waals surface area contributed by atoms with Crippen LogP contribution in [0.25, 0.3) is 0 Å². The zero-order valence-corrected chi connectivity index (χ0v) is 13.8. The minimum absolute atomic E-state index is 0.137. The first-order valence-electron chi connectivity index (χ1n) is 7.15. The van der Waals surface area contributed by atoms with Crippen molar-refractivity contribution in [2.24, 2.45) is 0 Å². The minimum atomic E-state index is -1.09. The fraction of sp³-hybridized carbons (Fsp3) is 0.375. The molecule has 22 heavy (non-hydrogen) atoms. The smallest absolute Gasteiger partial charge is 0.255 e. The van der Waals surface area contributed by atoms with Crippen molar-refractivity contribution in [1.29, 1.82) is 0 Å². The third-order valence-electron chi connectivity index (χ3n) is 3.21. The Kier molecular flexibility index (Phi) is 5.15. The maximum absolute atomic E-state index is 12.4. The van der Waals surface area contributed by atoms with E-state index in [2.05, 4.69) is 15.6 Å². The molecule has 1 unspecified atom stereocenters. The maximum atomic E-state index is 12.4. The topological polar surface area (TPSA) is 74.2 Å². The Balaban J connectivity index is 2.07. The highest BCUT2D eigenvalue weighted by atomic mass is 32.1. The highest BCUT2D eigenvalue weighted by molar-refractivity contribution is 7.08. The molecule has 6 heteroatoms. The number of hydrogen-bond donors (Lipinski definition) is 3. The number of thiophene rings is 1. The van der Waals surface area contributed by atoms with Crippen molar-refractivity contribution in [3.05, 3.63) is 46.3 Å². The van der Waals surface area contributed by atoms with Gasteiger partial charge >= 0.3 is 0 Å². The van der Waals surface area contributed by atoms with Gasteiger partial charge in [0.05, 0.1) is 12.1 Å². The van der Waals surface area contributed by atoms with E-state index in [9.17, 15) is 9.90 Å². The van der Waals surface area contributed by atoms with Crippen LogP contribution in [0.3, 0.4) is 0 Å². The van der Waals surface area contributed by atoms with Crippen molar-refractivity contribution in [3.63, 3.8) is 0 Å². The summed E-state index contributed by atoms with van der Waals surface area (Å²) >= 11 is 1.51. The van der Waals surface area contributed by atoms with Crippen LogP contribution in [0.5, 0.6) is 0 Å². The summed E-state index contributed by atoms with van der Waals surface area (Å²) in [6, 6.07) is 5.46. The molecule has 5 nitrogen and oxygen atoms in total. The second-order valence-corrected chi connectivity index (χ2v) is 6.45. The Hall–Kier alpha value is -1.92. The van der Waals surface area contributed by atoms with E-state index >= 15 is 0 Å². The lowest BCUT2D eigenvalue weighted by Crippen LogP contribution is -2.38. The molecule has 0 saturated carbocycles. The quantitative estimate of drug-likeness (QED) is 0.765. The number of rotatable bonds is 6. The highest BCUT2D eigenvalue weighted by Gasteiger charge is 2.25. The molecule has 0 spiro atoms. The lowest BCUT2D eigenvalue weighted by Gasteiger charge is -2.23. The van der Waals surface area contributed by atoms with Crippen LogP contribution in [-0.4, -0.2) is 28.6 Å². The number of carbonyl (C=O) groups is 1. The molecule has 0 saturated heterocycles. The first-order chi connectivity index (χ1) is 10.4. The normalized spacial score (nSPS) is 13.7. The molecule has 0 bridgehead atoms. The zero-order valence-electron chi connectivity index (χ0n) is 13.0. The summed E-state index contributed by atoms with van der Waals surface area (Å²) in [7, 11) is 0. The monoisotopic (exact) mass is 319 g/mol. The lowest BCUT2D eigenvalue weighted by molar-refractivity contribution is 0.0530. The molecule has 0 radical (unpaired) electrons. The molecular formula is C16H21N3O2S. The van der Waals surface area contributed by atoms with Crippen LogP contribution in [0.15, 0.2) is 35.2 Å². The fourth-order valence-corrected chi connectivity index (χ4v) is 2.78. The van der Waals surface area contributed by atoms with Crippen molar-refractivity contribution in [3.8, 4) is 0 Å². The molecule has 118 valence electrons. The number of aliphatic hydroxyl groups is 1. The van der Waals surface area contributed by atoms with Crippen molar-refractivity contribution < 1.29 is 9.90 Å². The average molecular weight is 319 g/mol. The predicted octanol–water partition coefficient (Wildman–Crippen LogP) is 2.60. The second-order valence-electron chi connectivity index (χ2n) is 5.67. The van der Waals surface area contributed by atoms with Crippen molar-refractivity contribution in [1.82, 2.24) is 10.3 Å². The number of aromatic nitrogens is 1. The summed E-state index contributed by atoms with van der Waals surface area (Å²) in [5, 5.41) is 20.1. The van der Waals surface area contributed by atoms with Gasteiger partial charge in [-0.3, -0.25) is 4.79 Å². The average Bonchev–Trinajstić information content (AvgIpc) is 3.00. The van der Waals surface area contributed by atoms with Crippen LogP contribution in [-0.2, 0) is 5.60 Å². The van der Waals surface area contributed by atoms with Crippen LogP contribution in [0.4, 0.5) is 5.82 Å². The molecular weight excluding hydrogens is 298 g/mol. The summed E-state index contributed by atoms with van der Waals surface area (Å²) in [5.74, 6) is 0.289. The van der Waals surface area contributed by atoms with Gasteiger partial charge < -0.3 is 15.7 Å². The van der Waals surface area contributed by atoms with Gasteiger partial charge in [0.1, 0.15) is 11.4 Å². The van der Waals surface area contributed by atoms with E-state index in [1.807, 2.05) is 30.7 Å². The molecule has 0 aliphatic heterocycles.